The van der Waals surface area contributed by atoms with Gasteiger partial charge in [0.25, 0.3) is 0 Å². The second-order valence-electron chi connectivity index (χ2n) is 2.70. The van der Waals surface area contributed by atoms with Gasteiger partial charge in [0.2, 0.25) is 5.75 Å². The van der Waals surface area contributed by atoms with Crippen LogP contribution in [-0.4, -0.2) is 11.3 Å². The highest BCUT2D eigenvalue weighted by Crippen LogP contribution is 2.34. The lowest BCUT2D eigenvalue weighted by Crippen LogP contribution is -2.18. The summed E-state index contributed by atoms with van der Waals surface area (Å²) >= 11 is 0. The Morgan fingerprint density at radius 3 is 2.44 bits per heavy atom. The zero-order valence-electron chi connectivity index (χ0n) is 7.62. The molecule has 0 heterocycles. The van der Waals surface area contributed by atoms with E-state index in [1.807, 2.05) is 0 Å². The van der Waals surface area contributed by atoms with Gasteiger partial charge >= 0.3 is 12.0 Å². The Balaban J connectivity index is 3.22. The largest absolute Gasteiger partial charge is 0.573 e. The lowest BCUT2D eigenvalue weighted by atomic mass is 10.2. The van der Waals surface area contributed by atoms with Crippen molar-refractivity contribution in [1.82, 2.24) is 0 Å². The van der Waals surface area contributed by atoms with Crippen molar-refractivity contribution in [2.45, 2.75) is 13.0 Å². The summed E-state index contributed by atoms with van der Waals surface area (Å²) in [6.07, 6.45) is -5.06. The first-order valence-corrected chi connectivity index (χ1v) is 3.93. The van der Waals surface area contributed by atoms with E-state index in [2.05, 4.69) is 4.74 Å². The van der Waals surface area contributed by atoms with E-state index in [1.165, 1.54) is 0 Å². The number of para-hydroxylation sites is 1. The van der Waals surface area contributed by atoms with Crippen molar-refractivity contribution in [2.24, 2.45) is 0 Å². The summed E-state index contributed by atoms with van der Waals surface area (Å²) in [6.45, 7) is -1.24. The maximum absolute atomic E-state index is 12.3. The van der Waals surface area contributed by atoms with Crippen molar-refractivity contribution in [2.75, 3.05) is 0 Å². The Kier molecular flexibility index (Phi) is 3.31. The third kappa shape index (κ3) is 2.81. The molecule has 1 aromatic carbocycles. The molecule has 0 saturated carbocycles. The lowest BCUT2D eigenvalue weighted by Gasteiger charge is -2.09. The molecule has 0 aromatic heterocycles. The molecule has 0 fully saturated rings. The molecule has 0 radical (unpaired) electrons. The molecule has 88 valence electrons. The fraction of sp³-hybridized carbons (Fsp3) is 0.250. The average Bonchev–Trinajstić information content (AvgIpc) is 2.14. The highest BCUT2D eigenvalue weighted by atomic mass is 19.4. The van der Waals surface area contributed by atoms with Gasteiger partial charge in [-0.15, -0.1) is 13.2 Å². The third-order valence-corrected chi connectivity index (χ3v) is 1.63. The van der Waals surface area contributed by atoms with E-state index in [-0.39, 0.29) is 0 Å². The van der Waals surface area contributed by atoms with Crippen LogP contribution in [-0.2, 0) is 6.67 Å². The summed E-state index contributed by atoms with van der Waals surface area (Å²) in [4.78, 5) is 9.36. The minimum absolute atomic E-state index is 0.466. The number of nitro benzene ring substituents is 1. The van der Waals surface area contributed by atoms with Crippen LogP contribution < -0.4 is 4.74 Å². The summed E-state index contributed by atoms with van der Waals surface area (Å²) in [6, 6.07) is 2.81. The topological polar surface area (TPSA) is 52.4 Å². The monoisotopic (exact) mass is 239 g/mol. The Morgan fingerprint density at radius 1 is 1.38 bits per heavy atom. The van der Waals surface area contributed by atoms with Crippen LogP contribution in [0.5, 0.6) is 5.75 Å². The zero-order valence-corrected chi connectivity index (χ0v) is 7.62. The van der Waals surface area contributed by atoms with Crippen molar-refractivity contribution in [1.29, 1.82) is 0 Å². The molecule has 1 aromatic rings. The van der Waals surface area contributed by atoms with Crippen molar-refractivity contribution in [3.8, 4) is 5.75 Å². The predicted molar refractivity (Wildman–Crippen MR) is 44.6 cm³/mol. The van der Waals surface area contributed by atoms with E-state index >= 15 is 0 Å². The van der Waals surface area contributed by atoms with Crippen LogP contribution in [0.2, 0.25) is 0 Å². The normalized spacial score (nSPS) is 11.2. The second kappa shape index (κ2) is 4.33. The number of rotatable bonds is 3. The maximum Gasteiger partial charge on any atom is 0.573 e. The van der Waals surface area contributed by atoms with Crippen molar-refractivity contribution in [3.63, 3.8) is 0 Å². The van der Waals surface area contributed by atoms with Gasteiger partial charge in [0, 0.05) is 0 Å². The van der Waals surface area contributed by atoms with Crippen LogP contribution in [0, 0.1) is 10.1 Å². The van der Waals surface area contributed by atoms with Crippen LogP contribution in [0.1, 0.15) is 5.56 Å². The van der Waals surface area contributed by atoms with E-state index < -0.39 is 35.0 Å². The average molecular weight is 239 g/mol. The lowest BCUT2D eigenvalue weighted by molar-refractivity contribution is -0.389. The van der Waals surface area contributed by atoms with Gasteiger partial charge in [-0.3, -0.25) is 10.1 Å². The molecule has 8 heteroatoms. The first-order chi connectivity index (χ1) is 7.35. The highest BCUT2D eigenvalue weighted by molar-refractivity contribution is 5.52. The van der Waals surface area contributed by atoms with Crippen LogP contribution in [0.3, 0.4) is 0 Å². The minimum Gasteiger partial charge on any atom is -0.398 e. The van der Waals surface area contributed by atoms with Crippen molar-refractivity contribution < 1.29 is 27.2 Å². The molecule has 0 saturated heterocycles. The number of nitrogens with zero attached hydrogens (tertiary/aromatic N) is 1. The molecule has 0 aliphatic heterocycles. The van der Waals surface area contributed by atoms with Gasteiger partial charge in [-0.25, -0.2) is 4.39 Å². The fourth-order valence-electron chi connectivity index (χ4n) is 1.09. The molecule has 16 heavy (non-hydrogen) atoms. The molecule has 0 atom stereocenters. The molecular formula is C8H5F4NO3. The minimum atomic E-state index is -5.06. The quantitative estimate of drug-likeness (QED) is 0.463. The van der Waals surface area contributed by atoms with E-state index in [4.69, 9.17) is 0 Å². The van der Waals surface area contributed by atoms with Gasteiger partial charge < -0.3 is 4.74 Å². The maximum atomic E-state index is 12.3. The summed E-state index contributed by atoms with van der Waals surface area (Å²) in [5.41, 5.74) is -1.48. The van der Waals surface area contributed by atoms with Gasteiger partial charge in [-0.1, -0.05) is 6.07 Å². The van der Waals surface area contributed by atoms with Crippen LogP contribution in [0.25, 0.3) is 0 Å². The summed E-state index contributed by atoms with van der Waals surface area (Å²) < 4.78 is 51.4. The number of nitro groups is 1. The van der Waals surface area contributed by atoms with Crippen LogP contribution in [0.4, 0.5) is 23.2 Å². The smallest absolute Gasteiger partial charge is 0.398 e. The Bertz CT molecular complexity index is 405. The first kappa shape index (κ1) is 12.2. The summed E-state index contributed by atoms with van der Waals surface area (Å²) in [5.74, 6) is -1.02. The van der Waals surface area contributed by atoms with Gasteiger partial charge in [0.05, 0.1) is 10.5 Å². The molecule has 0 unspecified atom stereocenters. The van der Waals surface area contributed by atoms with Crippen molar-refractivity contribution in [3.05, 3.63) is 33.9 Å². The molecule has 0 N–H and O–H groups in total. The van der Waals surface area contributed by atoms with Crippen molar-refractivity contribution >= 4 is 5.69 Å². The summed E-state index contributed by atoms with van der Waals surface area (Å²) in [5, 5.41) is 10.5. The fourth-order valence-corrected chi connectivity index (χ4v) is 1.09. The van der Waals surface area contributed by atoms with Gasteiger partial charge in [-0.2, -0.15) is 0 Å². The number of hydrogen-bond acceptors (Lipinski definition) is 3. The summed E-state index contributed by atoms with van der Waals surface area (Å²) in [7, 11) is 0. The number of halogens is 4. The molecule has 0 amide bonds. The zero-order chi connectivity index (χ0) is 12.3. The molecule has 0 aliphatic carbocycles. The first-order valence-electron chi connectivity index (χ1n) is 3.93. The van der Waals surface area contributed by atoms with E-state index in [9.17, 15) is 27.7 Å². The molecule has 4 nitrogen and oxygen atoms in total. The number of benzene rings is 1. The second-order valence-corrected chi connectivity index (χ2v) is 2.70. The van der Waals surface area contributed by atoms with Crippen LogP contribution >= 0.6 is 0 Å². The van der Waals surface area contributed by atoms with E-state index in [0.29, 0.717) is 0 Å². The molecular weight excluding hydrogens is 234 g/mol. The van der Waals surface area contributed by atoms with E-state index in [0.717, 1.165) is 18.2 Å². The Morgan fingerprint density at radius 2 is 2.00 bits per heavy atom. The van der Waals surface area contributed by atoms with Gasteiger partial charge in [-0.05, 0) is 12.1 Å². The van der Waals surface area contributed by atoms with Gasteiger partial charge in [0.1, 0.15) is 6.67 Å². The Labute approximate surface area is 86.6 Å². The molecule has 0 spiro atoms. The van der Waals surface area contributed by atoms with E-state index in [1.54, 1.807) is 0 Å². The standard InChI is InChI=1S/C8H5F4NO3/c9-4-5-2-1-3-6(7(5)13(14)15)16-8(10,11)12/h1-3H,4H2. The van der Waals surface area contributed by atoms with Gasteiger partial charge in [0.15, 0.2) is 0 Å². The van der Waals surface area contributed by atoms with Crippen LogP contribution in [0.15, 0.2) is 18.2 Å². The Hall–Kier alpha value is -1.86. The number of hydrogen-bond donors (Lipinski definition) is 0. The SMILES string of the molecule is O=[N+]([O-])c1c(CF)cccc1OC(F)(F)F. The molecule has 0 bridgehead atoms. The number of alkyl halides is 4. The molecule has 1 rings (SSSR count). The highest BCUT2D eigenvalue weighted by Gasteiger charge is 2.35. The molecule has 0 aliphatic rings. The third-order valence-electron chi connectivity index (χ3n) is 1.63. The predicted octanol–water partition coefficient (Wildman–Crippen LogP) is 2.96. The number of ether oxygens (including phenoxy) is 1.